The van der Waals surface area contributed by atoms with Gasteiger partial charge >= 0.3 is 0 Å². The first-order valence-corrected chi connectivity index (χ1v) is 5.39. The summed E-state index contributed by atoms with van der Waals surface area (Å²) >= 11 is 0. The molecule has 4 nitrogen and oxygen atoms in total. The fourth-order valence-electron chi connectivity index (χ4n) is 1.87. The van der Waals surface area contributed by atoms with E-state index in [1.165, 1.54) is 0 Å². The summed E-state index contributed by atoms with van der Waals surface area (Å²) in [7, 11) is 0. The molecule has 14 heavy (non-hydrogen) atoms. The minimum absolute atomic E-state index is 0.235. The summed E-state index contributed by atoms with van der Waals surface area (Å²) in [5, 5.41) is 4.45. The molecule has 2 unspecified atom stereocenters. The van der Waals surface area contributed by atoms with Gasteiger partial charge in [0.15, 0.2) is 5.82 Å². The molecule has 0 aromatic carbocycles. The van der Waals surface area contributed by atoms with Crippen molar-refractivity contribution in [2.24, 2.45) is 11.7 Å². The third-order valence-electron chi connectivity index (χ3n) is 2.89. The van der Waals surface area contributed by atoms with Crippen molar-refractivity contribution in [2.75, 3.05) is 0 Å². The van der Waals surface area contributed by atoms with E-state index in [0.29, 0.717) is 5.92 Å². The molecule has 2 heterocycles. The first-order valence-electron chi connectivity index (χ1n) is 5.39. The van der Waals surface area contributed by atoms with Crippen LogP contribution in [0.15, 0.2) is 0 Å². The first kappa shape index (κ1) is 9.65. The summed E-state index contributed by atoms with van der Waals surface area (Å²) in [4.78, 5) is 4.52. The third kappa shape index (κ3) is 1.66. The standard InChI is InChI=1S/C10H18N4/c1-3-4-9-12-10-5-7(2)8(11)6-14(10)13-9/h7-8H,3-6,11H2,1-2H3. The molecule has 2 rings (SSSR count). The average Bonchev–Trinajstić information content (AvgIpc) is 2.48. The summed E-state index contributed by atoms with van der Waals surface area (Å²) < 4.78 is 1.98. The molecule has 1 aromatic heterocycles. The molecule has 1 aromatic rings. The van der Waals surface area contributed by atoms with Crippen LogP contribution in [0.2, 0.25) is 0 Å². The minimum Gasteiger partial charge on any atom is -0.326 e. The molecule has 0 aliphatic carbocycles. The average molecular weight is 194 g/mol. The highest BCUT2D eigenvalue weighted by Gasteiger charge is 2.24. The van der Waals surface area contributed by atoms with Crippen molar-refractivity contribution in [1.29, 1.82) is 0 Å². The lowest BCUT2D eigenvalue weighted by atomic mass is 9.96. The van der Waals surface area contributed by atoms with Crippen LogP contribution in [-0.4, -0.2) is 20.8 Å². The van der Waals surface area contributed by atoms with E-state index in [2.05, 4.69) is 23.9 Å². The maximum absolute atomic E-state index is 5.99. The number of hydrogen-bond donors (Lipinski definition) is 1. The lowest BCUT2D eigenvalue weighted by Gasteiger charge is -2.25. The van der Waals surface area contributed by atoms with Gasteiger partial charge in [-0.05, 0) is 12.3 Å². The first-order chi connectivity index (χ1) is 6.70. The number of rotatable bonds is 2. The van der Waals surface area contributed by atoms with E-state index >= 15 is 0 Å². The zero-order chi connectivity index (χ0) is 10.1. The molecular formula is C10H18N4. The maximum Gasteiger partial charge on any atom is 0.150 e. The van der Waals surface area contributed by atoms with Crippen molar-refractivity contribution < 1.29 is 0 Å². The van der Waals surface area contributed by atoms with Gasteiger partial charge in [-0.2, -0.15) is 5.10 Å². The number of hydrogen-bond acceptors (Lipinski definition) is 3. The van der Waals surface area contributed by atoms with E-state index in [4.69, 9.17) is 5.73 Å². The SMILES string of the molecule is CCCc1nc2n(n1)CC(N)C(C)C2. The second kappa shape index (κ2) is 3.69. The summed E-state index contributed by atoms with van der Waals surface area (Å²) in [5.41, 5.74) is 5.99. The van der Waals surface area contributed by atoms with Gasteiger partial charge in [0, 0.05) is 18.9 Å². The summed E-state index contributed by atoms with van der Waals surface area (Å²) in [6.07, 6.45) is 3.05. The van der Waals surface area contributed by atoms with Crippen LogP contribution in [0.5, 0.6) is 0 Å². The normalized spacial score (nSPS) is 26.2. The molecule has 78 valence electrons. The second-order valence-corrected chi connectivity index (χ2v) is 4.22. The van der Waals surface area contributed by atoms with Gasteiger partial charge in [-0.3, -0.25) is 0 Å². The highest BCUT2D eigenvalue weighted by molar-refractivity contribution is 4.99. The Morgan fingerprint density at radius 2 is 2.36 bits per heavy atom. The molecule has 0 bridgehead atoms. The van der Waals surface area contributed by atoms with Crippen LogP contribution in [-0.2, 0) is 19.4 Å². The molecule has 2 N–H and O–H groups in total. The van der Waals surface area contributed by atoms with Gasteiger partial charge in [-0.25, -0.2) is 9.67 Å². The summed E-state index contributed by atoms with van der Waals surface area (Å²) in [6.45, 7) is 5.16. The Labute approximate surface area is 84.5 Å². The number of aromatic nitrogens is 3. The van der Waals surface area contributed by atoms with Crippen molar-refractivity contribution in [1.82, 2.24) is 14.8 Å². The number of fused-ring (bicyclic) bond motifs is 1. The van der Waals surface area contributed by atoms with Crippen molar-refractivity contribution in [2.45, 2.75) is 45.7 Å². The van der Waals surface area contributed by atoms with Gasteiger partial charge < -0.3 is 5.73 Å². The van der Waals surface area contributed by atoms with Crippen LogP contribution >= 0.6 is 0 Å². The molecule has 0 saturated carbocycles. The van der Waals surface area contributed by atoms with Crippen molar-refractivity contribution >= 4 is 0 Å². The van der Waals surface area contributed by atoms with E-state index in [1.807, 2.05) is 4.68 Å². The molecule has 1 aliphatic rings. The molecular weight excluding hydrogens is 176 g/mol. The topological polar surface area (TPSA) is 56.7 Å². The molecule has 4 heteroatoms. The summed E-state index contributed by atoms with van der Waals surface area (Å²) in [6, 6.07) is 0.235. The summed E-state index contributed by atoms with van der Waals surface area (Å²) in [5.74, 6) is 2.62. The van der Waals surface area contributed by atoms with Gasteiger partial charge in [0.1, 0.15) is 5.82 Å². The lowest BCUT2D eigenvalue weighted by molar-refractivity contribution is 0.330. The second-order valence-electron chi connectivity index (χ2n) is 4.22. The zero-order valence-corrected chi connectivity index (χ0v) is 8.90. The van der Waals surface area contributed by atoms with Gasteiger partial charge in [0.05, 0.1) is 6.54 Å². The number of nitrogens with two attached hydrogens (primary N) is 1. The van der Waals surface area contributed by atoms with Crippen LogP contribution in [0, 0.1) is 5.92 Å². The van der Waals surface area contributed by atoms with Crippen molar-refractivity contribution in [3.05, 3.63) is 11.6 Å². The quantitative estimate of drug-likeness (QED) is 0.756. The predicted octanol–water partition coefficient (Wildman–Crippen LogP) is 0.750. The Bertz CT molecular complexity index is 290. The van der Waals surface area contributed by atoms with E-state index < -0.39 is 0 Å². The van der Waals surface area contributed by atoms with Crippen molar-refractivity contribution in [3.8, 4) is 0 Å². The Hall–Kier alpha value is -0.900. The molecule has 2 atom stereocenters. The molecule has 0 amide bonds. The smallest absolute Gasteiger partial charge is 0.150 e. The Morgan fingerprint density at radius 3 is 3.07 bits per heavy atom. The van der Waals surface area contributed by atoms with Crippen LogP contribution in [0.4, 0.5) is 0 Å². The highest BCUT2D eigenvalue weighted by atomic mass is 15.4. The number of aryl methyl sites for hydroxylation is 1. The fraction of sp³-hybridized carbons (Fsp3) is 0.800. The lowest BCUT2D eigenvalue weighted by Crippen LogP contribution is -2.39. The largest absolute Gasteiger partial charge is 0.326 e. The Kier molecular flexibility index (Phi) is 2.54. The number of nitrogens with zero attached hydrogens (tertiary/aromatic N) is 3. The van der Waals surface area contributed by atoms with E-state index in [1.54, 1.807) is 0 Å². The molecule has 0 spiro atoms. The van der Waals surface area contributed by atoms with E-state index in [0.717, 1.165) is 37.5 Å². The molecule has 1 aliphatic heterocycles. The maximum atomic E-state index is 5.99. The predicted molar refractivity (Wildman–Crippen MR) is 54.9 cm³/mol. The minimum atomic E-state index is 0.235. The van der Waals surface area contributed by atoms with Crippen molar-refractivity contribution in [3.63, 3.8) is 0 Å². The van der Waals surface area contributed by atoms with Gasteiger partial charge in [-0.15, -0.1) is 0 Å². The van der Waals surface area contributed by atoms with Crippen LogP contribution < -0.4 is 5.73 Å². The third-order valence-corrected chi connectivity index (χ3v) is 2.89. The van der Waals surface area contributed by atoms with Gasteiger partial charge in [0.25, 0.3) is 0 Å². The monoisotopic (exact) mass is 194 g/mol. The van der Waals surface area contributed by atoms with Gasteiger partial charge in [0.2, 0.25) is 0 Å². The Balaban J connectivity index is 2.20. The highest BCUT2D eigenvalue weighted by Crippen LogP contribution is 2.17. The van der Waals surface area contributed by atoms with E-state index in [9.17, 15) is 0 Å². The molecule has 0 fully saturated rings. The zero-order valence-electron chi connectivity index (χ0n) is 8.90. The van der Waals surface area contributed by atoms with Crippen LogP contribution in [0.1, 0.15) is 31.9 Å². The molecule has 0 radical (unpaired) electrons. The van der Waals surface area contributed by atoms with Crippen LogP contribution in [0.25, 0.3) is 0 Å². The van der Waals surface area contributed by atoms with Gasteiger partial charge in [-0.1, -0.05) is 13.8 Å². The Morgan fingerprint density at radius 1 is 1.57 bits per heavy atom. The van der Waals surface area contributed by atoms with E-state index in [-0.39, 0.29) is 6.04 Å². The molecule has 0 saturated heterocycles. The fourth-order valence-corrected chi connectivity index (χ4v) is 1.87. The van der Waals surface area contributed by atoms with Crippen LogP contribution in [0.3, 0.4) is 0 Å².